The largest absolute Gasteiger partial charge is 0.458 e. The third kappa shape index (κ3) is 3.89. The van der Waals surface area contributed by atoms with Crippen LogP contribution in [0.25, 0.3) is 10.8 Å². The molecule has 1 atom stereocenters. The van der Waals surface area contributed by atoms with E-state index in [1.54, 1.807) is 6.20 Å². The van der Waals surface area contributed by atoms with Gasteiger partial charge in [-0.1, -0.05) is 36.0 Å². The van der Waals surface area contributed by atoms with E-state index in [0.29, 0.717) is 17.5 Å². The van der Waals surface area contributed by atoms with Crippen LogP contribution in [0.4, 0.5) is 0 Å². The summed E-state index contributed by atoms with van der Waals surface area (Å²) >= 11 is 1.44. The SMILES string of the molecule is O=c1[nH]c(SCc2nccc3ccccc23)ncc1OC1CCCCO1. The van der Waals surface area contributed by atoms with Crippen molar-refractivity contribution in [3.8, 4) is 5.75 Å². The molecule has 26 heavy (non-hydrogen) atoms. The number of rotatable bonds is 5. The Labute approximate surface area is 155 Å². The molecule has 0 aliphatic carbocycles. The molecule has 1 N–H and O–H groups in total. The van der Waals surface area contributed by atoms with Gasteiger partial charge in [-0.15, -0.1) is 0 Å². The van der Waals surface area contributed by atoms with Crippen molar-refractivity contribution >= 4 is 22.5 Å². The van der Waals surface area contributed by atoms with Crippen LogP contribution in [0.3, 0.4) is 0 Å². The first-order valence-corrected chi connectivity index (χ1v) is 9.61. The summed E-state index contributed by atoms with van der Waals surface area (Å²) in [5.41, 5.74) is 0.675. The lowest BCUT2D eigenvalue weighted by Crippen LogP contribution is -2.27. The highest BCUT2D eigenvalue weighted by Gasteiger charge is 2.17. The van der Waals surface area contributed by atoms with E-state index in [-0.39, 0.29) is 17.6 Å². The number of thioether (sulfide) groups is 1. The highest BCUT2D eigenvalue weighted by atomic mass is 32.2. The Kier molecular flexibility index (Phi) is 5.17. The van der Waals surface area contributed by atoms with Crippen LogP contribution >= 0.6 is 11.8 Å². The van der Waals surface area contributed by atoms with Gasteiger partial charge >= 0.3 is 0 Å². The van der Waals surface area contributed by atoms with E-state index in [1.165, 1.54) is 18.0 Å². The number of nitrogens with zero attached hydrogens (tertiary/aromatic N) is 2. The Morgan fingerprint density at radius 3 is 3.00 bits per heavy atom. The first kappa shape index (κ1) is 17.1. The van der Waals surface area contributed by atoms with Crippen molar-refractivity contribution in [1.29, 1.82) is 0 Å². The monoisotopic (exact) mass is 369 g/mol. The lowest BCUT2D eigenvalue weighted by molar-refractivity contribution is -0.106. The van der Waals surface area contributed by atoms with E-state index in [4.69, 9.17) is 9.47 Å². The van der Waals surface area contributed by atoms with Crippen LogP contribution in [0.15, 0.2) is 52.7 Å². The number of fused-ring (bicyclic) bond motifs is 1. The fraction of sp³-hybridized carbons (Fsp3) is 0.316. The van der Waals surface area contributed by atoms with Gasteiger partial charge in [-0.2, -0.15) is 0 Å². The van der Waals surface area contributed by atoms with Crippen molar-refractivity contribution in [2.75, 3.05) is 6.61 Å². The van der Waals surface area contributed by atoms with Gasteiger partial charge in [0.1, 0.15) is 0 Å². The quantitative estimate of drug-likeness (QED) is 0.548. The Morgan fingerprint density at radius 1 is 1.23 bits per heavy atom. The molecule has 0 bridgehead atoms. The maximum absolute atomic E-state index is 12.2. The number of pyridine rings is 1. The van der Waals surface area contributed by atoms with Crippen LogP contribution in [0.1, 0.15) is 25.0 Å². The molecule has 1 fully saturated rings. The van der Waals surface area contributed by atoms with Crippen molar-refractivity contribution in [3.63, 3.8) is 0 Å². The summed E-state index contributed by atoms with van der Waals surface area (Å²) in [5, 5.41) is 2.80. The number of ether oxygens (including phenoxy) is 2. The summed E-state index contributed by atoms with van der Waals surface area (Å²) in [7, 11) is 0. The van der Waals surface area contributed by atoms with Crippen LogP contribution in [-0.2, 0) is 10.5 Å². The predicted molar refractivity (Wildman–Crippen MR) is 100 cm³/mol. The lowest BCUT2D eigenvalue weighted by Gasteiger charge is -2.22. The Balaban J connectivity index is 1.45. The maximum Gasteiger partial charge on any atom is 0.294 e. The van der Waals surface area contributed by atoms with E-state index < -0.39 is 0 Å². The summed E-state index contributed by atoms with van der Waals surface area (Å²) in [6.45, 7) is 0.669. The number of hydrogen-bond donors (Lipinski definition) is 1. The molecule has 1 aliphatic rings. The Morgan fingerprint density at radius 2 is 2.15 bits per heavy atom. The predicted octanol–water partition coefficient (Wildman–Crippen LogP) is 3.52. The van der Waals surface area contributed by atoms with Crippen molar-refractivity contribution in [1.82, 2.24) is 15.0 Å². The molecule has 7 heteroatoms. The third-order valence-electron chi connectivity index (χ3n) is 4.24. The highest BCUT2D eigenvalue weighted by molar-refractivity contribution is 7.98. The van der Waals surface area contributed by atoms with Gasteiger partial charge in [-0.25, -0.2) is 4.98 Å². The minimum absolute atomic E-state index is 0.199. The third-order valence-corrected chi connectivity index (χ3v) is 5.14. The molecular weight excluding hydrogens is 350 g/mol. The van der Waals surface area contributed by atoms with Crippen molar-refractivity contribution in [2.45, 2.75) is 36.5 Å². The maximum atomic E-state index is 12.2. The van der Waals surface area contributed by atoms with E-state index >= 15 is 0 Å². The molecule has 1 aromatic carbocycles. The molecule has 1 unspecified atom stereocenters. The Bertz CT molecular complexity index is 949. The van der Waals surface area contributed by atoms with Gasteiger partial charge in [0.05, 0.1) is 18.5 Å². The zero-order valence-electron chi connectivity index (χ0n) is 14.2. The molecule has 0 spiro atoms. The minimum atomic E-state index is -0.356. The fourth-order valence-electron chi connectivity index (χ4n) is 2.90. The first-order valence-electron chi connectivity index (χ1n) is 8.62. The molecule has 134 valence electrons. The smallest absolute Gasteiger partial charge is 0.294 e. The van der Waals surface area contributed by atoms with E-state index in [9.17, 15) is 4.79 Å². The first-order chi connectivity index (χ1) is 12.8. The number of aromatic amines is 1. The number of hydrogen-bond acceptors (Lipinski definition) is 6. The summed E-state index contributed by atoms with van der Waals surface area (Å²) in [4.78, 5) is 23.8. The second-order valence-electron chi connectivity index (χ2n) is 6.06. The minimum Gasteiger partial charge on any atom is -0.458 e. The number of aromatic nitrogens is 3. The molecule has 3 aromatic rings. The molecule has 1 saturated heterocycles. The molecule has 6 nitrogen and oxygen atoms in total. The summed E-state index contributed by atoms with van der Waals surface area (Å²) < 4.78 is 11.1. The van der Waals surface area contributed by atoms with Gasteiger partial charge < -0.3 is 9.47 Å². The molecule has 0 saturated carbocycles. The topological polar surface area (TPSA) is 77.1 Å². The van der Waals surface area contributed by atoms with E-state index in [1.807, 2.05) is 18.2 Å². The van der Waals surface area contributed by atoms with Gasteiger partial charge in [0.25, 0.3) is 5.56 Å². The van der Waals surface area contributed by atoms with Gasteiger partial charge in [0, 0.05) is 23.8 Å². The van der Waals surface area contributed by atoms with Gasteiger partial charge in [-0.05, 0) is 24.3 Å². The number of nitrogens with one attached hydrogen (secondary N) is 1. The molecule has 0 radical (unpaired) electrons. The number of H-pyrrole nitrogens is 1. The van der Waals surface area contributed by atoms with Crippen molar-refractivity contribution < 1.29 is 9.47 Å². The number of benzene rings is 1. The molecule has 1 aliphatic heterocycles. The standard InChI is InChI=1S/C19H19N3O3S/c23-18-16(25-17-7-3-4-10-24-17)11-21-19(22-18)26-12-15-14-6-2-1-5-13(14)8-9-20-15/h1-2,5-6,8-9,11,17H,3-4,7,10,12H2,(H,21,22,23). The van der Waals surface area contributed by atoms with E-state index in [0.717, 1.165) is 35.7 Å². The molecule has 0 amide bonds. The van der Waals surface area contributed by atoms with Crippen LogP contribution < -0.4 is 10.3 Å². The van der Waals surface area contributed by atoms with Gasteiger partial charge in [0.2, 0.25) is 5.75 Å². The molecule has 2 aromatic heterocycles. The average Bonchev–Trinajstić information content (AvgIpc) is 2.69. The highest BCUT2D eigenvalue weighted by Crippen LogP contribution is 2.24. The van der Waals surface area contributed by atoms with Gasteiger partial charge in [0.15, 0.2) is 11.4 Å². The van der Waals surface area contributed by atoms with Crippen molar-refractivity contribution in [2.24, 2.45) is 0 Å². The van der Waals surface area contributed by atoms with Gasteiger partial charge in [-0.3, -0.25) is 14.8 Å². The zero-order valence-corrected chi connectivity index (χ0v) is 15.0. The van der Waals surface area contributed by atoms with Crippen LogP contribution in [0.2, 0.25) is 0 Å². The van der Waals surface area contributed by atoms with Crippen LogP contribution in [0, 0.1) is 0 Å². The fourth-order valence-corrected chi connectivity index (χ4v) is 3.70. The average molecular weight is 369 g/mol. The molecule has 4 rings (SSSR count). The van der Waals surface area contributed by atoms with Crippen molar-refractivity contribution in [3.05, 3.63) is 58.8 Å². The molecular formula is C19H19N3O3S. The van der Waals surface area contributed by atoms with Crippen LogP contribution in [0.5, 0.6) is 5.75 Å². The van der Waals surface area contributed by atoms with Crippen LogP contribution in [-0.4, -0.2) is 27.8 Å². The zero-order chi connectivity index (χ0) is 17.8. The normalized spacial score (nSPS) is 17.3. The lowest BCUT2D eigenvalue weighted by atomic mass is 10.1. The summed E-state index contributed by atoms with van der Waals surface area (Å²) in [6.07, 6.45) is 5.78. The van der Waals surface area contributed by atoms with E-state index in [2.05, 4.69) is 27.1 Å². The second kappa shape index (κ2) is 7.88. The summed E-state index contributed by atoms with van der Waals surface area (Å²) in [5.74, 6) is 0.820. The summed E-state index contributed by atoms with van der Waals surface area (Å²) in [6, 6.07) is 10.1. The Hall–Kier alpha value is -2.38. The molecule has 3 heterocycles. The second-order valence-corrected chi connectivity index (χ2v) is 7.03.